The number of fused-ring (bicyclic) bond motifs is 1. The fourth-order valence-electron chi connectivity index (χ4n) is 3.81. The molecule has 35 heavy (non-hydrogen) atoms. The highest BCUT2D eigenvalue weighted by Gasteiger charge is 2.18. The molecule has 1 unspecified atom stereocenters. The van der Waals surface area contributed by atoms with Crippen LogP contribution in [0.1, 0.15) is 0 Å². The second kappa shape index (κ2) is 9.36. The van der Waals surface area contributed by atoms with E-state index in [9.17, 15) is 9.00 Å². The fraction of sp³-hybridized carbons (Fsp3) is 0.0400. The van der Waals surface area contributed by atoms with Crippen molar-refractivity contribution in [1.29, 1.82) is 0 Å². The molecule has 3 aromatic carbocycles. The summed E-state index contributed by atoms with van der Waals surface area (Å²) in [6.45, 7) is 0. The van der Waals surface area contributed by atoms with E-state index < -0.39 is 16.8 Å². The van der Waals surface area contributed by atoms with Gasteiger partial charge in [0.05, 0.1) is 12.0 Å². The third-order valence-corrected chi connectivity index (χ3v) is 6.75. The largest absolute Gasteiger partial charge is 0.496 e. The van der Waals surface area contributed by atoms with E-state index in [-0.39, 0.29) is 10.9 Å². The molecule has 176 valence electrons. The number of halogens is 2. The van der Waals surface area contributed by atoms with Crippen molar-refractivity contribution in [2.75, 3.05) is 11.8 Å². The number of hydrogen-bond donors (Lipinski definition) is 2. The zero-order valence-electron chi connectivity index (χ0n) is 18.2. The van der Waals surface area contributed by atoms with Gasteiger partial charge in [0.25, 0.3) is 5.56 Å². The van der Waals surface area contributed by atoms with Crippen LogP contribution in [-0.2, 0) is 11.0 Å². The minimum absolute atomic E-state index is 0.289. The molecule has 1 atom stereocenters. The van der Waals surface area contributed by atoms with Gasteiger partial charge in [-0.3, -0.25) is 9.52 Å². The zero-order chi connectivity index (χ0) is 24.5. The molecule has 5 rings (SSSR count). The molecule has 5 aromatic rings. The Morgan fingerprint density at radius 2 is 1.91 bits per heavy atom. The second-order valence-corrected chi connectivity index (χ2v) is 9.19. The Labute approximate surface area is 206 Å². The van der Waals surface area contributed by atoms with Gasteiger partial charge in [0.15, 0.2) is 16.8 Å². The molecule has 0 bridgehead atoms. The van der Waals surface area contributed by atoms with Crippen molar-refractivity contribution in [3.05, 3.63) is 94.3 Å². The van der Waals surface area contributed by atoms with Crippen LogP contribution in [-0.4, -0.2) is 21.5 Å². The lowest BCUT2D eigenvalue weighted by Gasteiger charge is -2.14. The lowest BCUT2D eigenvalue weighted by molar-refractivity contribution is 0.415. The molecule has 0 aliphatic carbocycles. The minimum Gasteiger partial charge on any atom is -0.496 e. The van der Waals surface area contributed by atoms with Crippen LogP contribution in [0.15, 0.2) is 87.3 Å². The average Bonchev–Trinajstić information content (AvgIpc) is 3.37. The van der Waals surface area contributed by atoms with Gasteiger partial charge in [-0.05, 0) is 47.3 Å². The topological polar surface area (TPSA) is 97.2 Å². The molecule has 0 spiro atoms. The lowest BCUT2D eigenvalue weighted by Crippen LogP contribution is -2.09. The van der Waals surface area contributed by atoms with E-state index in [1.165, 1.54) is 37.8 Å². The summed E-state index contributed by atoms with van der Waals surface area (Å²) in [6.07, 6.45) is 2.85. The normalized spacial score (nSPS) is 12.0. The molecule has 2 heterocycles. The Hall–Kier alpha value is -3.95. The summed E-state index contributed by atoms with van der Waals surface area (Å²) < 4.78 is 41.0. The molecule has 0 saturated carbocycles. The number of aromatic nitrogens is 2. The molecule has 0 aliphatic heterocycles. The molecular weight excluding hydrogens is 493 g/mol. The summed E-state index contributed by atoms with van der Waals surface area (Å²) in [6, 6.07) is 16.2. The molecule has 0 radical (unpaired) electrons. The van der Waals surface area contributed by atoms with Crippen molar-refractivity contribution >= 4 is 39.2 Å². The third-order valence-electron chi connectivity index (χ3n) is 5.44. The van der Waals surface area contributed by atoms with Crippen LogP contribution in [0.5, 0.6) is 5.75 Å². The molecule has 0 amide bonds. The molecular formula is C25H17ClFN3O4S. The fourth-order valence-corrected chi connectivity index (χ4v) is 4.83. The molecule has 10 heteroatoms. The maximum atomic E-state index is 15.3. The Morgan fingerprint density at radius 3 is 2.66 bits per heavy atom. The van der Waals surface area contributed by atoms with Crippen molar-refractivity contribution in [3.63, 3.8) is 0 Å². The molecule has 2 N–H and O–H groups in total. The first-order valence-corrected chi connectivity index (χ1v) is 11.9. The summed E-state index contributed by atoms with van der Waals surface area (Å²) in [5, 5.41) is 5.00. The van der Waals surface area contributed by atoms with Crippen LogP contribution < -0.4 is 15.0 Å². The van der Waals surface area contributed by atoms with E-state index in [0.29, 0.717) is 49.1 Å². The van der Waals surface area contributed by atoms with Crippen molar-refractivity contribution in [2.45, 2.75) is 4.90 Å². The van der Waals surface area contributed by atoms with Crippen molar-refractivity contribution in [3.8, 4) is 28.0 Å². The number of nitrogens with zero attached hydrogens (tertiary/aromatic N) is 1. The molecule has 2 aromatic heterocycles. The number of hydrogen-bond acceptors (Lipinski definition) is 5. The number of ether oxygens (including phenoxy) is 1. The number of aromatic amines is 1. The highest BCUT2D eigenvalue weighted by Crippen LogP contribution is 2.39. The highest BCUT2D eigenvalue weighted by atomic mass is 35.5. The maximum absolute atomic E-state index is 15.3. The summed E-state index contributed by atoms with van der Waals surface area (Å²) in [5.41, 5.74) is 1.57. The SMILES string of the molecule is COc1cc(-c2cccc(Cl)c2)c(F)cc1-c1c[nH]c(=O)c2cc(S(=O)Nc3ccon3)ccc12. The summed E-state index contributed by atoms with van der Waals surface area (Å²) in [7, 11) is -0.196. The smallest absolute Gasteiger partial charge is 0.255 e. The lowest BCUT2D eigenvalue weighted by atomic mass is 9.96. The second-order valence-electron chi connectivity index (χ2n) is 7.54. The number of anilines is 1. The maximum Gasteiger partial charge on any atom is 0.255 e. The van der Waals surface area contributed by atoms with Crippen molar-refractivity contribution in [1.82, 2.24) is 10.1 Å². The Morgan fingerprint density at radius 1 is 1.06 bits per heavy atom. The number of H-pyrrole nitrogens is 1. The zero-order valence-corrected chi connectivity index (χ0v) is 19.7. The van der Waals surface area contributed by atoms with Crippen LogP contribution in [0.25, 0.3) is 33.0 Å². The monoisotopic (exact) mass is 509 g/mol. The number of benzene rings is 3. The van der Waals surface area contributed by atoms with E-state index in [2.05, 4.69) is 14.9 Å². The Bertz CT molecular complexity index is 1640. The van der Waals surface area contributed by atoms with Crippen LogP contribution in [0.4, 0.5) is 10.2 Å². The molecule has 0 aliphatic rings. The predicted molar refractivity (Wildman–Crippen MR) is 133 cm³/mol. The summed E-state index contributed by atoms with van der Waals surface area (Å²) in [4.78, 5) is 15.7. The predicted octanol–water partition coefficient (Wildman–Crippen LogP) is 5.79. The van der Waals surface area contributed by atoms with E-state index in [0.717, 1.165) is 0 Å². The van der Waals surface area contributed by atoms with E-state index in [4.69, 9.17) is 20.9 Å². The first-order valence-electron chi connectivity index (χ1n) is 10.3. The van der Waals surface area contributed by atoms with Gasteiger partial charge in [-0.25, -0.2) is 8.60 Å². The van der Waals surface area contributed by atoms with Crippen molar-refractivity contribution < 1.29 is 17.9 Å². The van der Waals surface area contributed by atoms with Gasteiger partial charge < -0.3 is 14.2 Å². The average molecular weight is 510 g/mol. The van der Waals surface area contributed by atoms with Gasteiger partial charge in [0.1, 0.15) is 17.8 Å². The van der Waals surface area contributed by atoms with Gasteiger partial charge in [0, 0.05) is 39.4 Å². The number of nitrogens with one attached hydrogen (secondary N) is 2. The van der Waals surface area contributed by atoms with Gasteiger partial charge in [-0.1, -0.05) is 35.0 Å². The first kappa shape index (κ1) is 22.8. The number of pyridine rings is 1. The molecule has 0 saturated heterocycles. The van der Waals surface area contributed by atoms with E-state index >= 15 is 4.39 Å². The Balaban J connectivity index is 1.61. The quantitative estimate of drug-likeness (QED) is 0.302. The highest BCUT2D eigenvalue weighted by molar-refractivity contribution is 7.86. The van der Waals surface area contributed by atoms with Crippen LogP contribution in [0.2, 0.25) is 5.02 Å². The minimum atomic E-state index is -1.68. The third kappa shape index (κ3) is 4.43. The van der Waals surface area contributed by atoms with E-state index in [1.54, 1.807) is 42.5 Å². The molecule has 0 fully saturated rings. The summed E-state index contributed by atoms with van der Waals surface area (Å²) in [5.74, 6) is 0.234. The van der Waals surface area contributed by atoms with E-state index in [1.807, 2.05) is 0 Å². The van der Waals surface area contributed by atoms with Gasteiger partial charge in [0.2, 0.25) is 0 Å². The number of rotatable bonds is 6. The summed E-state index contributed by atoms with van der Waals surface area (Å²) >= 11 is 6.08. The molecule has 7 nitrogen and oxygen atoms in total. The standard InChI is InChI=1S/C25H17ClFN3O4S/c1-33-23-12-18(14-3-2-4-15(26)9-14)22(27)11-19(23)21-13-28-25(31)20-10-16(5-6-17(20)21)35(32)30-24-7-8-34-29-24/h2-13H,1H3,(H,28,31)(H,29,30). The first-order chi connectivity index (χ1) is 16.9. The van der Waals surface area contributed by atoms with Crippen molar-refractivity contribution in [2.24, 2.45) is 0 Å². The van der Waals surface area contributed by atoms with Gasteiger partial charge in [-0.15, -0.1) is 0 Å². The van der Waals surface area contributed by atoms with Gasteiger partial charge >= 0.3 is 0 Å². The van der Waals surface area contributed by atoms with Gasteiger partial charge in [-0.2, -0.15) is 0 Å². The van der Waals surface area contributed by atoms with Crippen LogP contribution in [0.3, 0.4) is 0 Å². The number of methoxy groups -OCH3 is 1. The van der Waals surface area contributed by atoms with Crippen LogP contribution >= 0.6 is 11.6 Å². The Kier molecular flexibility index (Phi) is 6.10. The van der Waals surface area contributed by atoms with Crippen LogP contribution in [0, 0.1) is 5.82 Å².